The molecule has 0 bridgehead atoms. The van der Waals surface area contributed by atoms with Gasteiger partial charge in [-0.2, -0.15) is 8.78 Å². The molecule has 1 saturated heterocycles. The van der Waals surface area contributed by atoms with Gasteiger partial charge < -0.3 is 4.90 Å². The highest BCUT2D eigenvalue weighted by Gasteiger charge is 2.42. The summed E-state index contributed by atoms with van der Waals surface area (Å²) in [6.07, 6.45) is 0.196. The summed E-state index contributed by atoms with van der Waals surface area (Å²) in [5.74, 6) is -5.88. The van der Waals surface area contributed by atoms with Gasteiger partial charge in [0.1, 0.15) is 6.04 Å². The topological polar surface area (TPSA) is 83.6 Å². The van der Waals surface area contributed by atoms with Crippen molar-refractivity contribution in [2.24, 2.45) is 0 Å². The summed E-state index contributed by atoms with van der Waals surface area (Å²) < 4.78 is 29.8. The minimum Gasteiger partial charge on any atom is -0.322 e. The molecule has 0 aliphatic carbocycles. The number of fused-ring (bicyclic) bond motifs is 1. The number of halogens is 2. The van der Waals surface area contributed by atoms with Gasteiger partial charge in [0.15, 0.2) is 0 Å². The normalized spacial score (nSPS) is 18.4. The lowest BCUT2D eigenvalue weighted by Gasteiger charge is -2.29. The van der Waals surface area contributed by atoms with Crippen molar-refractivity contribution in [1.82, 2.24) is 10.2 Å². The maximum atomic E-state index is 14.9. The predicted molar refractivity (Wildman–Crippen MR) is 116 cm³/mol. The van der Waals surface area contributed by atoms with E-state index >= 15 is 0 Å². The van der Waals surface area contributed by atoms with Gasteiger partial charge in [-0.05, 0) is 55.0 Å². The van der Waals surface area contributed by atoms with Crippen molar-refractivity contribution >= 4 is 23.5 Å². The molecule has 2 aliphatic rings. The Morgan fingerprint density at radius 1 is 1.12 bits per heavy atom. The fourth-order valence-electron chi connectivity index (χ4n) is 4.65. The van der Waals surface area contributed by atoms with Gasteiger partial charge in [0.2, 0.25) is 17.6 Å². The molecule has 3 amide bonds. The van der Waals surface area contributed by atoms with Crippen LogP contribution >= 0.6 is 0 Å². The monoisotopic (exact) mass is 454 g/mol. The van der Waals surface area contributed by atoms with E-state index in [-0.39, 0.29) is 49.6 Å². The summed E-state index contributed by atoms with van der Waals surface area (Å²) >= 11 is 0. The molecule has 0 radical (unpaired) electrons. The Hall–Kier alpha value is -3.42. The molecule has 2 heterocycles. The fourth-order valence-corrected chi connectivity index (χ4v) is 4.65. The van der Waals surface area contributed by atoms with Crippen LogP contribution in [0.4, 0.5) is 8.78 Å². The molecule has 1 fully saturated rings. The summed E-state index contributed by atoms with van der Waals surface area (Å²) in [4.78, 5) is 50.2. The van der Waals surface area contributed by atoms with E-state index in [0.717, 1.165) is 0 Å². The zero-order valence-corrected chi connectivity index (χ0v) is 18.4. The minimum atomic E-state index is -3.58. The highest BCUT2D eigenvalue weighted by molar-refractivity contribution is 6.05. The standard InChI is InChI=1S/C25H24F2N2O4/c1-14-4-3-5-15(2)22(14)25(26,27)20(30)10-7-16-6-8-18-17(12-16)13-29(24(18)33)19-9-11-21(31)28-23(19)32/h3-6,8,12,19H,7,9-11,13H2,1-2H3,(H,28,31,32). The molecule has 0 aromatic heterocycles. The number of alkyl halides is 2. The molecule has 0 spiro atoms. The van der Waals surface area contributed by atoms with Crippen molar-refractivity contribution in [1.29, 1.82) is 0 Å². The van der Waals surface area contributed by atoms with E-state index in [2.05, 4.69) is 5.32 Å². The number of nitrogens with one attached hydrogen (secondary N) is 1. The van der Waals surface area contributed by atoms with Crippen LogP contribution in [0.3, 0.4) is 0 Å². The van der Waals surface area contributed by atoms with E-state index < -0.39 is 23.7 Å². The van der Waals surface area contributed by atoms with Crippen LogP contribution in [0.15, 0.2) is 36.4 Å². The second-order valence-corrected chi connectivity index (χ2v) is 8.66. The Morgan fingerprint density at radius 2 is 1.82 bits per heavy atom. The summed E-state index contributed by atoms with van der Waals surface area (Å²) in [5.41, 5.74) is 2.29. The Balaban J connectivity index is 1.46. The molecule has 6 nitrogen and oxygen atoms in total. The van der Waals surface area contributed by atoms with E-state index in [4.69, 9.17) is 0 Å². The highest BCUT2D eigenvalue weighted by atomic mass is 19.3. The first-order valence-corrected chi connectivity index (χ1v) is 10.8. The largest absolute Gasteiger partial charge is 0.330 e. The molecule has 1 unspecified atom stereocenters. The maximum Gasteiger partial charge on any atom is 0.330 e. The lowest BCUT2D eigenvalue weighted by molar-refractivity contribution is -0.144. The molecule has 0 saturated carbocycles. The number of benzene rings is 2. The van der Waals surface area contributed by atoms with Crippen LogP contribution in [0.1, 0.15) is 57.4 Å². The van der Waals surface area contributed by atoms with Gasteiger partial charge in [-0.15, -0.1) is 0 Å². The highest BCUT2D eigenvalue weighted by Crippen LogP contribution is 2.35. The SMILES string of the molecule is Cc1cccc(C)c1C(F)(F)C(=O)CCc1ccc2c(c1)CN(C1CCC(=O)NC1=O)C2=O. The van der Waals surface area contributed by atoms with Gasteiger partial charge in [0.25, 0.3) is 5.91 Å². The van der Waals surface area contributed by atoms with Crippen molar-refractivity contribution in [3.8, 4) is 0 Å². The van der Waals surface area contributed by atoms with Gasteiger partial charge in [-0.25, -0.2) is 0 Å². The smallest absolute Gasteiger partial charge is 0.322 e. The van der Waals surface area contributed by atoms with Crippen molar-refractivity contribution in [2.45, 2.75) is 58.0 Å². The van der Waals surface area contributed by atoms with Crippen LogP contribution in [0, 0.1) is 13.8 Å². The molecule has 33 heavy (non-hydrogen) atoms. The van der Waals surface area contributed by atoms with Crippen LogP contribution in [-0.2, 0) is 33.3 Å². The number of rotatable bonds is 6. The van der Waals surface area contributed by atoms with Gasteiger partial charge in [0.05, 0.1) is 0 Å². The first-order valence-electron chi connectivity index (χ1n) is 10.8. The average Bonchev–Trinajstić information content (AvgIpc) is 3.07. The number of piperidine rings is 1. The lowest BCUT2D eigenvalue weighted by atomic mass is 9.92. The first kappa shape index (κ1) is 22.8. The quantitative estimate of drug-likeness (QED) is 0.679. The number of imide groups is 1. The summed E-state index contributed by atoms with van der Waals surface area (Å²) in [7, 11) is 0. The zero-order chi connectivity index (χ0) is 23.9. The number of carbonyl (C=O) groups is 4. The third kappa shape index (κ3) is 4.17. The summed E-state index contributed by atoms with van der Waals surface area (Å²) in [5, 5.41) is 2.25. The Morgan fingerprint density at radius 3 is 2.48 bits per heavy atom. The molecule has 2 aromatic rings. The number of hydrogen-bond acceptors (Lipinski definition) is 4. The third-order valence-electron chi connectivity index (χ3n) is 6.37. The van der Waals surface area contributed by atoms with Crippen LogP contribution in [0.25, 0.3) is 0 Å². The molecule has 2 aromatic carbocycles. The Labute approximate surface area is 190 Å². The fraction of sp³-hybridized carbons (Fsp3) is 0.360. The van der Waals surface area contributed by atoms with Gasteiger partial charge in [-0.1, -0.05) is 30.3 Å². The van der Waals surface area contributed by atoms with E-state index in [1.54, 1.807) is 50.2 Å². The second-order valence-electron chi connectivity index (χ2n) is 8.66. The average molecular weight is 454 g/mol. The van der Waals surface area contributed by atoms with Crippen molar-refractivity contribution in [2.75, 3.05) is 0 Å². The number of amides is 3. The van der Waals surface area contributed by atoms with E-state index in [9.17, 15) is 28.0 Å². The molecule has 2 aliphatic heterocycles. The maximum absolute atomic E-state index is 14.9. The van der Waals surface area contributed by atoms with Gasteiger partial charge in [-0.3, -0.25) is 24.5 Å². The number of nitrogens with zero attached hydrogens (tertiary/aromatic N) is 1. The molecule has 1 N–H and O–H groups in total. The van der Waals surface area contributed by atoms with E-state index in [1.165, 1.54) is 4.90 Å². The molecular weight excluding hydrogens is 430 g/mol. The van der Waals surface area contributed by atoms with Gasteiger partial charge in [0, 0.05) is 30.5 Å². The van der Waals surface area contributed by atoms with Crippen LogP contribution in [-0.4, -0.2) is 34.4 Å². The van der Waals surface area contributed by atoms with Crippen LogP contribution in [0.5, 0.6) is 0 Å². The van der Waals surface area contributed by atoms with Crippen molar-refractivity contribution in [3.63, 3.8) is 0 Å². The predicted octanol–water partition coefficient (Wildman–Crippen LogP) is 3.36. The van der Waals surface area contributed by atoms with Crippen LogP contribution in [0.2, 0.25) is 0 Å². The minimum absolute atomic E-state index is 0.110. The lowest BCUT2D eigenvalue weighted by Crippen LogP contribution is -2.52. The molecule has 1 atom stereocenters. The number of aryl methyl sites for hydroxylation is 3. The Kier molecular flexibility index (Phi) is 5.86. The van der Waals surface area contributed by atoms with Crippen LogP contribution < -0.4 is 5.32 Å². The number of carbonyl (C=O) groups excluding carboxylic acids is 4. The molecule has 4 rings (SSSR count). The third-order valence-corrected chi connectivity index (χ3v) is 6.37. The van der Waals surface area contributed by atoms with Crippen molar-refractivity contribution < 1.29 is 28.0 Å². The summed E-state index contributed by atoms with van der Waals surface area (Å²) in [6.45, 7) is 3.32. The van der Waals surface area contributed by atoms with Crippen molar-refractivity contribution in [3.05, 3.63) is 69.8 Å². The van der Waals surface area contributed by atoms with E-state index in [0.29, 0.717) is 27.8 Å². The van der Waals surface area contributed by atoms with Gasteiger partial charge >= 0.3 is 5.92 Å². The number of Topliss-reactive ketones (excluding diaryl/α,β-unsaturated/α-hetero) is 1. The van der Waals surface area contributed by atoms with E-state index in [1.807, 2.05) is 0 Å². The Bertz CT molecular complexity index is 1150. The molecular formula is C25H24F2N2O4. The number of hydrogen-bond donors (Lipinski definition) is 1. The zero-order valence-electron chi connectivity index (χ0n) is 18.4. The molecule has 8 heteroatoms. The number of ketones is 1. The first-order chi connectivity index (χ1) is 15.6. The summed E-state index contributed by atoms with van der Waals surface area (Å²) in [6, 6.07) is 9.07. The second kappa shape index (κ2) is 8.50. The molecule has 172 valence electrons.